The number of hydrogen-bond acceptors (Lipinski definition) is 2. The number of sulfone groups is 1. The van der Waals surface area contributed by atoms with E-state index >= 15 is 0 Å². The molecular formula is C12H18O2S. The molecule has 2 nitrogen and oxygen atoms in total. The predicted octanol–water partition coefficient (Wildman–Crippen LogP) is 2.70. The van der Waals surface area contributed by atoms with Crippen molar-refractivity contribution in [2.75, 3.05) is 6.26 Å². The van der Waals surface area contributed by atoms with Gasteiger partial charge in [0, 0.05) is 6.26 Å². The van der Waals surface area contributed by atoms with Gasteiger partial charge in [0.2, 0.25) is 0 Å². The first-order valence-electron chi connectivity index (χ1n) is 4.93. The average molecular weight is 226 g/mol. The lowest BCUT2D eigenvalue weighted by molar-refractivity contribution is 0.563. The standard InChI is InChI=1S/C12H18O2S/c1-9-6-7-10(12(2,3)4)11(8-9)15(5,13)14/h6-8H,1-5H3. The van der Waals surface area contributed by atoms with E-state index in [4.69, 9.17) is 0 Å². The quantitative estimate of drug-likeness (QED) is 0.738. The number of aryl methyl sites for hydroxylation is 1. The molecule has 0 heterocycles. The fourth-order valence-electron chi connectivity index (χ4n) is 1.56. The monoisotopic (exact) mass is 226 g/mol. The van der Waals surface area contributed by atoms with Crippen molar-refractivity contribution >= 4 is 9.84 Å². The third-order valence-corrected chi connectivity index (χ3v) is 3.48. The summed E-state index contributed by atoms with van der Waals surface area (Å²) in [4.78, 5) is 0.454. The first-order valence-corrected chi connectivity index (χ1v) is 6.83. The van der Waals surface area contributed by atoms with Gasteiger partial charge >= 0.3 is 0 Å². The van der Waals surface area contributed by atoms with Crippen molar-refractivity contribution in [1.82, 2.24) is 0 Å². The molecule has 0 amide bonds. The Bertz CT molecular complexity index is 465. The fraction of sp³-hybridized carbons (Fsp3) is 0.500. The van der Waals surface area contributed by atoms with Gasteiger partial charge in [-0.3, -0.25) is 0 Å². The first-order chi connectivity index (χ1) is 6.62. The summed E-state index contributed by atoms with van der Waals surface area (Å²) < 4.78 is 23.3. The Labute approximate surface area is 92.2 Å². The molecule has 1 aromatic carbocycles. The second kappa shape index (κ2) is 3.63. The van der Waals surface area contributed by atoms with E-state index < -0.39 is 9.84 Å². The molecule has 0 spiro atoms. The zero-order valence-corrected chi connectivity index (χ0v) is 10.8. The van der Waals surface area contributed by atoms with Gasteiger partial charge in [0.25, 0.3) is 0 Å². The van der Waals surface area contributed by atoms with Crippen LogP contribution in [0.15, 0.2) is 23.1 Å². The predicted molar refractivity (Wildman–Crippen MR) is 63.0 cm³/mol. The Kier molecular flexibility index (Phi) is 2.97. The summed E-state index contributed by atoms with van der Waals surface area (Å²) in [5.74, 6) is 0. The molecule has 1 rings (SSSR count). The van der Waals surface area contributed by atoms with Gasteiger partial charge in [-0.15, -0.1) is 0 Å². The number of hydrogen-bond donors (Lipinski definition) is 0. The normalized spacial score (nSPS) is 12.9. The molecule has 0 bridgehead atoms. The Hall–Kier alpha value is -0.830. The van der Waals surface area contributed by atoms with Crippen LogP contribution in [0.3, 0.4) is 0 Å². The SMILES string of the molecule is Cc1ccc(C(C)(C)C)c(S(C)(=O)=O)c1. The first kappa shape index (κ1) is 12.2. The van der Waals surface area contributed by atoms with Gasteiger partial charge < -0.3 is 0 Å². The van der Waals surface area contributed by atoms with Gasteiger partial charge in [-0.2, -0.15) is 0 Å². The van der Waals surface area contributed by atoms with Gasteiger partial charge in [-0.05, 0) is 29.5 Å². The van der Waals surface area contributed by atoms with Gasteiger partial charge in [0.05, 0.1) is 4.90 Å². The largest absolute Gasteiger partial charge is 0.224 e. The molecule has 1 aromatic rings. The molecule has 0 unspecified atom stereocenters. The van der Waals surface area contributed by atoms with Crippen LogP contribution in [0, 0.1) is 6.92 Å². The maximum absolute atomic E-state index is 11.7. The van der Waals surface area contributed by atoms with E-state index in [2.05, 4.69) is 0 Å². The third-order valence-electron chi connectivity index (χ3n) is 2.34. The van der Waals surface area contributed by atoms with Crippen molar-refractivity contribution in [2.24, 2.45) is 0 Å². The number of rotatable bonds is 1. The fourth-order valence-corrected chi connectivity index (χ4v) is 2.73. The lowest BCUT2D eigenvalue weighted by atomic mass is 9.86. The molecule has 15 heavy (non-hydrogen) atoms. The van der Waals surface area contributed by atoms with Crippen molar-refractivity contribution in [1.29, 1.82) is 0 Å². The average Bonchev–Trinajstić information content (AvgIpc) is 2.00. The van der Waals surface area contributed by atoms with E-state index in [9.17, 15) is 8.42 Å². The van der Waals surface area contributed by atoms with Crippen molar-refractivity contribution in [3.05, 3.63) is 29.3 Å². The highest BCUT2D eigenvalue weighted by Gasteiger charge is 2.22. The maximum Gasteiger partial charge on any atom is 0.175 e. The minimum absolute atomic E-state index is 0.147. The molecule has 0 aliphatic heterocycles. The zero-order chi connectivity index (χ0) is 11.9. The summed E-state index contributed by atoms with van der Waals surface area (Å²) >= 11 is 0. The minimum Gasteiger partial charge on any atom is -0.224 e. The molecule has 84 valence electrons. The molecule has 0 saturated heterocycles. The van der Waals surface area contributed by atoms with Crippen LogP contribution in [-0.4, -0.2) is 14.7 Å². The molecule has 0 saturated carbocycles. The molecule has 0 aromatic heterocycles. The molecule has 0 atom stereocenters. The second-order valence-corrected chi connectivity index (χ2v) is 7.01. The Morgan fingerprint density at radius 2 is 1.67 bits per heavy atom. The van der Waals surface area contributed by atoms with Crippen LogP contribution in [-0.2, 0) is 15.3 Å². The summed E-state index contributed by atoms with van der Waals surface area (Å²) in [6.45, 7) is 7.96. The van der Waals surface area contributed by atoms with E-state index in [1.54, 1.807) is 6.07 Å². The number of benzene rings is 1. The lowest BCUT2D eigenvalue weighted by Crippen LogP contribution is -2.16. The highest BCUT2D eigenvalue weighted by molar-refractivity contribution is 7.90. The van der Waals surface area contributed by atoms with E-state index in [0.29, 0.717) is 4.90 Å². The van der Waals surface area contributed by atoms with E-state index in [1.807, 2.05) is 39.8 Å². The Morgan fingerprint density at radius 3 is 2.07 bits per heavy atom. The summed E-state index contributed by atoms with van der Waals surface area (Å²) in [5.41, 5.74) is 1.71. The topological polar surface area (TPSA) is 34.1 Å². The van der Waals surface area contributed by atoms with Crippen molar-refractivity contribution in [2.45, 2.75) is 38.0 Å². The van der Waals surface area contributed by atoms with Crippen LogP contribution in [0.1, 0.15) is 31.9 Å². The van der Waals surface area contributed by atoms with Crippen LogP contribution in [0.2, 0.25) is 0 Å². The van der Waals surface area contributed by atoms with Crippen molar-refractivity contribution in [3.8, 4) is 0 Å². The highest BCUT2D eigenvalue weighted by Crippen LogP contribution is 2.29. The van der Waals surface area contributed by atoms with Crippen molar-refractivity contribution < 1.29 is 8.42 Å². The van der Waals surface area contributed by atoms with E-state index in [-0.39, 0.29) is 5.41 Å². The molecular weight excluding hydrogens is 208 g/mol. The van der Waals surface area contributed by atoms with E-state index in [0.717, 1.165) is 11.1 Å². The zero-order valence-electron chi connectivity index (χ0n) is 9.96. The molecule has 0 N–H and O–H groups in total. The van der Waals surface area contributed by atoms with Gasteiger partial charge in [-0.25, -0.2) is 8.42 Å². The van der Waals surface area contributed by atoms with Crippen LogP contribution < -0.4 is 0 Å². The van der Waals surface area contributed by atoms with Gasteiger partial charge in [-0.1, -0.05) is 32.9 Å². The molecule has 0 radical (unpaired) electrons. The molecule has 0 fully saturated rings. The minimum atomic E-state index is -3.14. The Morgan fingerprint density at radius 1 is 1.13 bits per heavy atom. The Balaban J connectivity index is 3.55. The van der Waals surface area contributed by atoms with Crippen LogP contribution in [0.5, 0.6) is 0 Å². The summed E-state index contributed by atoms with van der Waals surface area (Å²) in [6.07, 6.45) is 1.26. The van der Waals surface area contributed by atoms with Crippen LogP contribution in [0.4, 0.5) is 0 Å². The smallest absolute Gasteiger partial charge is 0.175 e. The molecule has 0 aliphatic rings. The summed E-state index contributed by atoms with van der Waals surface area (Å²) in [5, 5.41) is 0. The van der Waals surface area contributed by atoms with E-state index in [1.165, 1.54) is 6.26 Å². The van der Waals surface area contributed by atoms with Crippen LogP contribution >= 0.6 is 0 Å². The van der Waals surface area contributed by atoms with Gasteiger partial charge in [0.1, 0.15) is 0 Å². The molecule has 0 aliphatic carbocycles. The van der Waals surface area contributed by atoms with Crippen LogP contribution in [0.25, 0.3) is 0 Å². The maximum atomic E-state index is 11.7. The third kappa shape index (κ3) is 2.81. The van der Waals surface area contributed by atoms with Gasteiger partial charge in [0.15, 0.2) is 9.84 Å². The summed E-state index contributed by atoms with van der Waals surface area (Å²) in [7, 11) is -3.14. The molecule has 3 heteroatoms. The van der Waals surface area contributed by atoms with Crippen molar-refractivity contribution in [3.63, 3.8) is 0 Å². The lowest BCUT2D eigenvalue weighted by Gasteiger charge is -2.22. The second-order valence-electron chi connectivity index (χ2n) is 5.02. The highest BCUT2D eigenvalue weighted by atomic mass is 32.2. The summed E-state index contributed by atoms with van der Waals surface area (Å²) in [6, 6.07) is 5.61.